The Labute approximate surface area is 159 Å². The molecule has 140 valence electrons. The molecule has 3 N–H and O–H groups in total. The number of carbonyl (C=O) groups is 1. The van der Waals surface area contributed by atoms with Crippen LogP contribution >= 0.6 is 12.4 Å². The fourth-order valence-electron chi connectivity index (χ4n) is 2.78. The number of amides is 1. The average Bonchev–Trinajstić information content (AvgIpc) is 3.16. The van der Waals surface area contributed by atoms with Gasteiger partial charge in [0.15, 0.2) is 0 Å². The first kappa shape index (κ1) is 20.2. The van der Waals surface area contributed by atoms with Gasteiger partial charge in [0.1, 0.15) is 0 Å². The summed E-state index contributed by atoms with van der Waals surface area (Å²) in [5.41, 5.74) is 7.57. The molecule has 2 aromatic rings. The lowest BCUT2D eigenvalue weighted by molar-refractivity contribution is 0.0951. The fourth-order valence-corrected chi connectivity index (χ4v) is 4.29. The second-order valence-corrected chi connectivity index (χ2v) is 8.00. The Morgan fingerprint density at radius 1 is 1.00 bits per heavy atom. The number of nitrogens with two attached hydrogens (primary N) is 1. The van der Waals surface area contributed by atoms with Crippen LogP contribution in [-0.2, 0) is 16.6 Å². The van der Waals surface area contributed by atoms with Crippen molar-refractivity contribution in [3.63, 3.8) is 0 Å². The van der Waals surface area contributed by atoms with Crippen molar-refractivity contribution in [1.82, 2.24) is 9.62 Å². The Balaban J connectivity index is 0.00000243. The molecular weight excluding hydrogens is 374 g/mol. The number of nitrogens with one attached hydrogen (secondary N) is 1. The van der Waals surface area contributed by atoms with E-state index in [0.29, 0.717) is 35.8 Å². The van der Waals surface area contributed by atoms with Crippen LogP contribution in [0.15, 0.2) is 53.4 Å². The van der Waals surface area contributed by atoms with Crippen LogP contribution < -0.4 is 11.1 Å². The molecule has 1 heterocycles. The molecule has 1 aliphatic heterocycles. The standard InChI is InChI=1S/C18H21N3O3S.ClH/c19-16-7-5-15(6-8-16)18(22)20-13-14-3-9-17(10-4-14)25(23,24)21-11-1-2-12-21;/h3-10H,1-2,11-13,19H2,(H,20,22);1H. The number of benzene rings is 2. The largest absolute Gasteiger partial charge is 0.399 e. The van der Waals surface area contributed by atoms with Gasteiger partial charge in [-0.3, -0.25) is 4.79 Å². The lowest BCUT2D eigenvalue weighted by Gasteiger charge is -2.15. The summed E-state index contributed by atoms with van der Waals surface area (Å²) < 4.78 is 26.5. The van der Waals surface area contributed by atoms with Crippen molar-refractivity contribution in [3.8, 4) is 0 Å². The van der Waals surface area contributed by atoms with Crippen molar-refractivity contribution in [2.75, 3.05) is 18.8 Å². The molecule has 0 atom stereocenters. The lowest BCUT2D eigenvalue weighted by atomic mass is 10.2. The molecule has 0 saturated carbocycles. The maximum Gasteiger partial charge on any atom is 0.251 e. The lowest BCUT2D eigenvalue weighted by Crippen LogP contribution is -2.28. The van der Waals surface area contributed by atoms with Crippen LogP contribution in [-0.4, -0.2) is 31.7 Å². The van der Waals surface area contributed by atoms with Crippen LogP contribution in [0.25, 0.3) is 0 Å². The highest BCUT2D eigenvalue weighted by Crippen LogP contribution is 2.21. The first-order valence-corrected chi connectivity index (χ1v) is 9.64. The Hall–Kier alpha value is -2.09. The maximum atomic E-state index is 12.5. The molecular formula is C18H22ClN3O3S. The predicted octanol–water partition coefficient (Wildman–Crippen LogP) is 2.41. The van der Waals surface area contributed by atoms with Gasteiger partial charge in [-0.25, -0.2) is 8.42 Å². The van der Waals surface area contributed by atoms with Crippen LogP contribution in [0.1, 0.15) is 28.8 Å². The number of hydrogen-bond acceptors (Lipinski definition) is 4. The Morgan fingerprint density at radius 2 is 1.58 bits per heavy atom. The Bertz CT molecular complexity index is 846. The molecule has 0 aromatic heterocycles. The van der Waals surface area contributed by atoms with E-state index in [2.05, 4.69) is 5.32 Å². The summed E-state index contributed by atoms with van der Waals surface area (Å²) in [6.45, 7) is 1.50. The number of rotatable bonds is 5. The van der Waals surface area contributed by atoms with E-state index < -0.39 is 10.0 Å². The van der Waals surface area contributed by atoms with Gasteiger partial charge in [0.2, 0.25) is 10.0 Å². The maximum absolute atomic E-state index is 12.5. The molecule has 0 bridgehead atoms. The summed E-state index contributed by atoms with van der Waals surface area (Å²) in [5, 5.41) is 2.81. The Morgan fingerprint density at radius 3 is 2.15 bits per heavy atom. The van der Waals surface area contributed by atoms with Crippen molar-refractivity contribution >= 4 is 34.0 Å². The number of nitrogen functional groups attached to an aromatic ring is 1. The minimum Gasteiger partial charge on any atom is -0.399 e. The summed E-state index contributed by atoms with van der Waals surface area (Å²) in [6.07, 6.45) is 1.82. The zero-order chi connectivity index (χ0) is 17.9. The van der Waals surface area contributed by atoms with E-state index >= 15 is 0 Å². The van der Waals surface area contributed by atoms with E-state index in [1.165, 1.54) is 4.31 Å². The van der Waals surface area contributed by atoms with Gasteiger partial charge >= 0.3 is 0 Å². The Kier molecular flexibility index (Phi) is 6.63. The van der Waals surface area contributed by atoms with Crippen LogP contribution in [0.4, 0.5) is 5.69 Å². The predicted molar refractivity (Wildman–Crippen MR) is 104 cm³/mol. The molecule has 8 heteroatoms. The molecule has 1 saturated heterocycles. The third kappa shape index (κ3) is 4.55. The van der Waals surface area contributed by atoms with Gasteiger partial charge in [0.25, 0.3) is 5.91 Å². The minimum absolute atomic E-state index is 0. The molecule has 3 rings (SSSR count). The monoisotopic (exact) mass is 395 g/mol. The number of sulfonamides is 1. The summed E-state index contributed by atoms with van der Waals surface area (Å²) in [7, 11) is -3.40. The number of nitrogens with zero attached hydrogens (tertiary/aromatic N) is 1. The van der Waals surface area contributed by atoms with Gasteiger partial charge in [-0.1, -0.05) is 12.1 Å². The molecule has 0 unspecified atom stereocenters. The highest BCUT2D eigenvalue weighted by atomic mass is 35.5. The highest BCUT2D eigenvalue weighted by molar-refractivity contribution is 7.89. The van der Waals surface area contributed by atoms with Crippen molar-refractivity contribution in [2.24, 2.45) is 0 Å². The van der Waals surface area contributed by atoms with E-state index in [-0.39, 0.29) is 18.3 Å². The van der Waals surface area contributed by atoms with Crippen LogP contribution in [0.3, 0.4) is 0 Å². The van der Waals surface area contributed by atoms with E-state index in [0.717, 1.165) is 18.4 Å². The van der Waals surface area contributed by atoms with E-state index in [9.17, 15) is 13.2 Å². The van der Waals surface area contributed by atoms with E-state index in [1.807, 2.05) is 0 Å². The smallest absolute Gasteiger partial charge is 0.251 e. The summed E-state index contributed by atoms with van der Waals surface area (Å²) >= 11 is 0. The van der Waals surface area contributed by atoms with Gasteiger partial charge < -0.3 is 11.1 Å². The second kappa shape index (κ2) is 8.53. The molecule has 1 fully saturated rings. The van der Waals surface area contributed by atoms with Crippen LogP contribution in [0, 0.1) is 0 Å². The average molecular weight is 396 g/mol. The first-order chi connectivity index (χ1) is 12.0. The topological polar surface area (TPSA) is 92.5 Å². The number of anilines is 1. The van der Waals surface area contributed by atoms with Crippen molar-refractivity contribution in [3.05, 3.63) is 59.7 Å². The third-order valence-electron chi connectivity index (χ3n) is 4.25. The van der Waals surface area contributed by atoms with Gasteiger partial charge in [0, 0.05) is 30.9 Å². The van der Waals surface area contributed by atoms with Gasteiger partial charge in [0.05, 0.1) is 4.90 Å². The normalized spacial score (nSPS) is 14.6. The van der Waals surface area contributed by atoms with Gasteiger partial charge in [-0.15, -0.1) is 12.4 Å². The highest BCUT2D eigenvalue weighted by Gasteiger charge is 2.26. The van der Waals surface area contributed by atoms with Gasteiger partial charge in [-0.2, -0.15) is 4.31 Å². The van der Waals surface area contributed by atoms with Crippen molar-refractivity contribution < 1.29 is 13.2 Å². The molecule has 0 radical (unpaired) electrons. The molecule has 1 amide bonds. The molecule has 26 heavy (non-hydrogen) atoms. The summed E-state index contributed by atoms with van der Waals surface area (Å²) in [5.74, 6) is -0.200. The molecule has 2 aromatic carbocycles. The minimum atomic E-state index is -3.40. The molecule has 0 spiro atoms. The third-order valence-corrected chi connectivity index (χ3v) is 6.16. The SMILES string of the molecule is Cl.Nc1ccc(C(=O)NCc2ccc(S(=O)(=O)N3CCCC3)cc2)cc1. The number of halogens is 1. The molecule has 6 nitrogen and oxygen atoms in total. The summed E-state index contributed by atoms with van der Waals surface area (Å²) in [6, 6.07) is 13.3. The molecule has 0 aliphatic carbocycles. The first-order valence-electron chi connectivity index (χ1n) is 8.20. The zero-order valence-corrected chi connectivity index (χ0v) is 15.9. The second-order valence-electron chi connectivity index (χ2n) is 6.06. The van der Waals surface area contributed by atoms with Crippen LogP contribution in [0.5, 0.6) is 0 Å². The van der Waals surface area contributed by atoms with Gasteiger partial charge in [-0.05, 0) is 54.8 Å². The quantitative estimate of drug-likeness (QED) is 0.760. The van der Waals surface area contributed by atoms with Crippen molar-refractivity contribution in [2.45, 2.75) is 24.3 Å². The zero-order valence-electron chi connectivity index (χ0n) is 14.2. The van der Waals surface area contributed by atoms with E-state index in [1.54, 1.807) is 48.5 Å². The molecule has 1 aliphatic rings. The van der Waals surface area contributed by atoms with Crippen LogP contribution in [0.2, 0.25) is 0 Å². The summed E-state index contributed by atoms with van der Waals surface area (Å²) in [4.78, 5) is 12.4. The van der Waals surface area contributed by atoms with E-state index in [4.69, 9.17) is 5.73 Å². The fraction of sp³-hybridized carbons (Fsp3) is 0.278. The number of carbonyl (C=O) groups excluding carboxylic acids is 1. The van der Waals surface area contributed by atoms with Crippen molar-refractivity contribution in [1.29, 1.82) is 0 Å². The number of hydrogen-bond donors (Lipinski definition) is 2.